The molecular formula is C17H13N5O. The zero-order chi connectivity index (χ0) is 15.6. The molecule has 4 aromatic rings. The molecule has 0 aliphatic rings. The van der Waals surface area contributed by atoms with Crippen LogP contribution in [0, 0.1) is 0 Å². The first-order valence-electron chi connectivity index (χ1n) is 7.14. The Balaban J connectivity index is 1.72. The fourth-order valence-corrected chi connectivity index (χ4v) is 2.42. The Kier molecular flexibility index (Phi) is 3.20. The fraction of sp³-hybridized carbons (Fsp3) is 0.0588. The van der Waals surface area contributed by atoms with Crippen molar-refractivity contribution >= 4 is 0 Å². The zero-order valence-electron chi connectivity index (χ0n) is 12.4. The van der Waals surface area contributed by atoms with E-state index >= 15 is 0 Å². The monoisotopic (exact) mass is 303 g/mol. The molecule has 0 N–H and O–H groups in total. The van der Waals surface area contributed by atoms with Crippen LogP contribution in [0.1, 0.15) is 0 Å². The molecule has 1 aromatic carbocycles. The highest BCUT2D eigenvalue weighted by molar-refractivity contribution is 5.68. The average molecular weight is 303 g/mol. The molecule has 6 nitrogen and oxygen atoms in total. The largest absolute Gasteiger partial charge is 0.334 e. The van der Waals surface area contributed by atoms with Crippen LogP contribution in [0.3, 0.4) is 0 Å². The van der Waals surface area contributed by atoms with Gasteiger partial charge in [-0.2, -0.15) is 10.1 Å². The van der Waals surface area contributed by atoms with Crippen LogP contribution in [-0.4, -0.2) is 24.9 Å². The lowest BCUT2D eigenvalue weighted by Crippen LogP contribution is -1.93. The van der Waals surface area contributed by atoms with E-state index in [1.54, 1.807) is 18.6 Å². The summed E-state index contributed by atoms with van der Waals surface area (Å²) in [6.07, 6.45) is 5.18. The number of hydrogen-bond donors (Lipinski definition) is 0. The van der Waals surface area contributed by atoms with Gasteiger partial charge in [0.2, 0.25) is 5.82 Å². The van der Waals surface area contributed by atoms with Gasteiger partial charge in [0.15, 0.2) is 0 Å². The number of hydrogen-bond acceptors (Lipinski definition) is 5. The van der Waals surface area contributed by atoms with Gasteiger partial charge < -0.3 is 4.52 Å². The smallest absolute Gasteiger partial charge is 0.259 e. The molecule has 23 heavy (non-hydrogen) atoms. The van der Waals surface area contributed by atoms with Crippen molar-refractivity contribution in [1.82, 2.24) is 24.9 Å². The maximum Gasteiger partial charge on any atom is 0.259 e. The van der Waals surface area contributed by atoms with Crippen LogP contribution in [0.25, 0.3) is 34.1 Å². The van der Waals surface area contributed by atoms with Gasteiger partial charge in [-0.05, 0) is 24.3 Å². The Hall–Kier alpha value is -3.28. The van der Waals surface area contributed by atoms with E-state index in [2.05, 4.69) is 20.2 Å². The van der Waals surface area contributed by atoms with Crippen molar-refractivity contribution < 1.29 is 4.52 Å². The van der Waals surface area contributed by atoms with Crippen LogP contribution in [0.2, 0.25) is 0 Å². The lowest BCUT2D eigenvalue weighted by molar-refractivity contribution is 0.432. The molecular weight excluding hydrogens is 290 g/mol. The molecule has 0 aliphatic carbocycles. The Morgan fingerprint density at radius 3 is 2.61 bits per heavy atom. The minimum atomic E-state index is 0.457. The van der Waals surface area contributed by atoms with Crippen molar-refractivity contribution in [2.24, 2.45) is 7.05 Å². The summed E-state index contributed by atoms with van der Waals surface area (Å²) in [5.74, 6) is 1.01. The fourth-order valence-electron chi connectivity index (χ4n) is 2.42. The number of benzene rings is 1. The molecule has 6 heteroatoms. The quantitative estimate of drug-likeness (QED) is 0.581. The highest BCUT2D eigenvalue weighted by Gasteiger charge is 2.12. The van der Waals surface area contributed by atoms with Gasteiger partial charge in [-0.3, -0.25) is 9.67 Å². The Morgan fingerprint density at radius 2 is 1.83 bits per heavy atom. The van der Waals surface area contributed by atoms with Crippen LogP contribution in [-0.2, 0) is 7.05 Å². The molecule has 0 bridgehead atoms. The van der Waals surface area contributed by atoms with Crippen molar-refractivity contribution in [3.63, 3.8) is 0 Å². The summed E-state index contributed by atoms with van der Waals surface area (Å²) in [5, 5.41) is 8.27. The molecule has 0 amide bonds. The third-order valence-corrected chi connectivity index (χ3v) is 3.57. The molecule has 0 saturated heterocycles. The summed E-state index contributed by atoms with van der Waals surface area (Å²) < 4.78 is 7.17. The van der Waals surface area contributed by atoms with Crippen LogP contribution in [0.15, 0.2) is 65.6 Å². The molecule has 0 radical (unpaired) electrons. The van der Waals surface area contributed by atoms with E-state index in [0.29, 0.717) is 11.7 Å². The molecule has 0 atom stereocenters. The van der Waals surface area contributed by atoms with Gasteiger partial charge in [0.1, 0.15) is 0 Å². The number of aromatic nitrogens is 5. The maximum absolute atomic E-state index is 5.34. The summed E-state index contributed by atoms with van der Waals surface area (Å²) in [4.78, 5) is 8.52. The van der Waals surface area contributed by atoms with Crippen molar-refractivity contribution in [3.05, 3.63) is 61.1 Å². The minimum absolute atomic E-state index is 0.457. The van der Waals surface area contributed by atoms with Gasteiger partial charge in [0, 0.05) is 36.8 Å². The standard InChI is InChI=1S/C17H13N5O/c1-22-15(7-9-19-22)12-4-2-5-13(10-12)16-20-17(23-21-16)14-6-3-8-18-11-14/h2-11H,1H3. The summed E-state index contributed by atoms with van der Waals surface area (Å²) >= 11 is 0. The van der Waals surface area contributed by atoms with E-state index in [4.69, 9.17) is 4.52 Å². The van der Waals surface area contributed by atoms with Crippen LogP contribution in [0.5, 0.6) is 0 Å². The van der Waals surface area contributed by atoms with E-state index in [0.717, 1.165) is 22.4 Å². The Labute approximate surface area is 132 Å². The molecule has 0 unspecified atom stereocenters. The third-order valence-electron chi connectivity index (χ3n) is 3.57. The van der Waals surface area contributed by atoms with Crippen molar-refractivity contribution in [2.45, 2.75) is 0 Å². The summed E-state index contributed by atoms with van der Waals surface area (Å²) in [7, 11) is 1.91. The first-order valence-corrected chi connectivity index (χ1v) is 7.14. The van der Waals surface area contributed by atoms with Crippen LogP contribution < -0.4 is 0 Å². The average Bonchev–Trinajstić information content (AvgIpc) is 3.25. The highest BCUT2D eigenvalue weighted by Crippen LogP contribution is 2.26. The van der Waals surface area contributed by atoms with Gasteiger partial charge in [0.05, 0.1) is 11.3 Å². The number of pyridine rings is 1. The molecule has 4 rings (SSSR count). The first kappa shape index (κ1) is 13.4. The van der Waals surface area contributed by atoms with Crippen molar-refractivity contribution in [3.8, 4) is 34.1 Å². The van der Waals surface area contributed by atoms with Gasteiger partial charge in [-0.1, -0.05) is 23.4 Å². The Bertz CT molecular complexity index is 942. The molecule has 0 saturated carbocycles. The number of nitrogens with zero attached hydrogens (tertiary/aromatic N) is 5. The summed E-state index contributed by atoms with van der Waals surface area (Å²) in [6.45, 7) is 0. The molecule has 0 spiro atoms. The molecule has 3 heterocycles. The van der Waals surface area contributed by atoms with Crippen molar-refractivity contribution in [2.75, 3.05) is 0 Å². The second kappa shape index (κ2) is 5.49. The molecule has 112 valence electrons. The topological polar surface area (TPSA) is 69.6 Å². The maximum atomic E-state index is 5.34. The van der Waals surface area contributed by atoms with E-state index < -0.39 is 0 Å². The second-order valence-electron chi connectivity index (χ2n) is 5.09. The van der Waals surface area contributed by atoms with Gasteiger partial charge in [-0.15, -0.1) is 0 Å². The lowest BCUT2D eigenvalue weighted by atomic mass is 10.1. The summed E-state index contributed by atoms with van der Waals surface area (Å²) in [5.41, 5.74) is 3.77. The van der Waals surface area contributed by atoms with E-state index in [-0.39, 0.29) is 0 Å². The number of rotatable bonds is 3. The van der Waals surface area contributed by atoms with Crippen LogP contribution >= 0.6 is 0 Å². The SMILES string of the molecule is Cn1nccc1-c1cccc(-c2noc(-c3cccnc3)n2)c1. The van der Waals surface area contributed by atoms with Crippen molar-refractivity contribution in [1.29, 1.82) is 0 Å². The molecule has 0 fully saturated rings. The minimum Gasteiger partial charge on any atom is -0.334 e. The first-order chi connectivity index (χ1) is 11.3. The Morgan fingerprint density at radius 1 is 0.957 bits per heavy atom. The van der Waals surface area contributed by atoms with E-state index in [1.165, 1.54) is 0 Å². The van der Waals surface area contributed by atoms with E-state index in [9.17, 15) is 0 Å². The van der Waals surface area contributed by atoms with E-state index in [1.807, 2.05) is 54.2 Å². The lowest BCUT2D eigenvalue weighted by Gasteiger charge is -2.03. The zero-order valence-corrected chi connectivity index (χ0v) is 12.4. The van der Waals surface area contributed by atoms with Gasteiger partial charge >= 0.3 is 0 Å². The predicted octanol–water partition coefficient (Wildman–Crippen LogP) is 3.20. The predicted molar refractivity (Wildman–Crippen MR) is 85.2 cm³/mol. The molecule has 3 aromatic heterocycles. The second-order valence-corrected chi connectivity index (χ2v) is 5.09. The third kappa shape index (κ3) is 2.50. The summed E-state index contributed by atoms with van der Waals surface area (Å²) in [6, 6.07) is 13.7. The van der Waals surface area contributed by atoms with Gasteiger partial charge in [0.25, 0.3) is 5.89 Å². The number of aryl methyl sites for hydroxylation is 1. The van der Waals surface area contributed by atoms with Crippen LogP contribution in [0.4, 0.5) is 0 Å². The van der Waals surface area contributed by atoms with Gasteiger partial charge in [-0.25, -0.2) is 0 Å². The normalized spacial score (nSPS) is 10.8. The molecule has 0 aliphatic heterocycles. The highest BCUT2D eigenvalue weighted by atomic mass is 16.5.